The monoisotopic (exact) mass is 290 g/mol. The number of rotatable bonds is 6. The van der Waals surface area contributed by atoms with E-state index in [2.05, 4.69) is 58.6 Å². The van der Waals surface area contributed by atoms with E-state index < -0.39 is 0 Å². The van der Waals surface area contributed by atoms with Gasteiger partial charge in [0, 0.05) is 13.1 Å². The van der Waals surface area contributed by atoms with Gasteiger partial charge in [-0.05, 0) is 35.4 Å². The highest BCUT2D eigenvalue weighted by molar-refractivity contribution is 6.13. The third kappa shape index (κ3) is 6.13. The predicted molar refractivity (Wildman–Crippen MR) is 83.1 cm³/mol. The van der Waals surface area contributed by atoms with Crippen LogP contribution in [0.25, 0.3) is 0 Å². The Morgan fingerprint density at radius 1 is 1.00 bits per heavy atom. The summed E-state index contributed by atoms with van der Waals surface area (Å²) in [5, 5.41) is 3.05. The van der Waals surface area contributed by atoms with Crippen molar-refractivity contribution in [1.29, 1.82) is 0 Å². The predicted octanol–water partition coefficient (Wildman–Crippen LogP) is 3.72. The van der Waals surface area contributed by atoms with Gasteiger partial charge in [-0.25, -0.2) is 4.84 Å². The van der Waals surface area contributed by atoms with E-state index in [1.54, 1.807) is 0 Å². The fraction of sp³-hybridized carbons (Fsp3) is 0.933. The molecule has 3 nitrogen and oxygen atoms in total. The normalized spacial score (nSPS) is 16.0. The van der Waals surface area contributed by atoms with Crippen molar-refractivity contribution in [2.45, 2.75) is 61.3 Å². The second-order valence-corrected chi connectivity index (χ2v) is 8.08. The lowest BCUT2D eigenvalue weighted by Gasteiger charge is -2.44. The van der Waals surface area contributed by atoms with Crippen molar-refractivity contribution in [3.05, 3.63) is 0 Å². The van der Waals surface area contributed by atoms with Crippen molar-refractivity contribution in [2.24, 2.45) is 16.2 Å². The highest BCUT2D eigenvalue weighted by atomic mass is 35.5. The number of hydrogen-bond acceptors (Lipinski definition) is 2. The van der Waals surface area contributed by atoms with Crippen LogP contribution in [0.15, 0.2) is 0 Å². The van der Waals surface area contributed by atoms with E-state index in [1.165, 1.54) is 0 Å². The van der Waals surface area contributed by atoms with Gasteiger partial charge in [0.05, 0.1) is 5.41 Å². The van der Waals surface area contributed by atoms with E-state index in [4.69, 9.17) is 11.8 Å². The minimum atomic E-state index is -0.375. The van der Waals surface area contributed by atoms with Crippen LogP contribution in [0.3, 0.4) is 0 Å². The van der Waals surface area contributed by atoms with Crippen LogP contribution in [0, 0.1) is 16.2 Å². The van der Waals surface area contributed by atoms with Crippen molar-refractivity contribution in [2.75, 3.05) is 13.1 Å². The quantitative estimate of drug-likeness (QED) is 0.578. The smallest absolute Gasteiger partial charge is 0.226 e. The number of halogens is 1. The third-order valence-corrected chi connectivity index (χ3v) is 3.96. The van der Waals surface area contributed by atoms with Gasteiger partial charge in [0.2, 0.25) is 5.91 Å². The molecule has 0 spiro atoms. The first-order valence-corrected chi connectivity index (χ1v) is 7.44. The Bertz CT molecular complexity index is 292. The Labute approximate surface area is 124 Å². The molecule has 0 aliphatic rings. The summed E-state index contributed by atoms with van der Waals surface area (Å²) in [5.41, 5.74) is -0.328. The summed E-state index contributed by atoms with van der Waals surface area (Å²) in [6, 6.07) is 0. The molecule has 0 radical (unpaired) electrons. The highest BCUT2D eigenvalue weighted by Crippen LogP contribution is 2.46. The summed E-state index contributed by atoms with van der Waals surface area (Å²) in [7, 11) is 0. The molecule has 0 saturated carbocycles. The van der Waals surface area contributed by atoms with Gasteiger partial charge < -0.3 is 5.32 Å². The summed E-state index contributed by atoms with van der Waals surface area (Å²) in [6.07, 6.45) is 1.70. The Morgan fingerprint density at radius 2 is 1.53 bits per heavy atom. The van der Waals surface area contributed by atoms with Crippen LogP contribution in [0.4, 0.5) is 0 Å². The van der Waals surface area contributed by atoms with Crippen molar-refractivity contribution in [1.82, 2.24) is 10.2 Å². The minimum Gasteiger partial charge on any atom is -0.356 e. The molecule has 0 aliphatic heterocycles. The number of amides is 1. The van der Waals surface area contributed by atoms with Gasteiger partial charge in [-0.2, -0.15) is 0 Å². The molecule has 2 N–H and O–H groups in total. The average Bonchev–Trinajstić information content (AvgIpc) is 2.20. The molecule has 0 aromatic carbocycles. The second-order valence-electron chi connectivity index (χ2n) is 7.81. The number of hydrogen-bond donors (Lipinski definition) is 2. The Hall–Kier alpha value is -0.280. The molecule has 0 bridgehead atoms. The van der Waals surface area contributed by atoms with E-state index >= 15 is 0 Å². The first-order chi connectivity index (χ1) is 8.44. The molecule has 1 atom stereocenters. The standard InChI is InChI=1S/C15H31ClN2O/c1-13(2,3)11-15(7,14(4,5)6)12(19)17-9-8-10-18-16/h18H,8-11H2,1-7H3,(H,17,19). The van der Waals surface area contributed by atoms with Gasteiger partial charge >= 0.3 is 0 Å². The Morgan fingerprint density at radius 3 is 1.89 bits per heavy atom. The van der Waals surface area contributed by atoms with Gasteiger partial charge in [0.25, 0.3) is 0 Å². The zero-order valence-corrected chi connectivity index (χ0v) is 14.4. The topological polar surface area (TPSA) is 41.1 Å². The molecule has 0 rings (SSSR count). The van der Waals surface area contributed by atoms with E-state index in [9.17, 15) is 4.79 Å². The Kier molecular flexibility index (Phi) is 6.84. The van der Waals surface area contributed by atoms with Gasteiger partial charge in [-0.3, -0.25) is 4.79 Å². The first kappa shape index (κ1) is 18.7. The average molecular weight is 291 g/mol. The van der Waals surface area contributed by atoms with Gasteiger partial charge in [0.15, 0.2) is 0 Å². The van der Waals surface area contributed by atoms with Gasteiger partial charge in [-0.15, -0.1) is 0 Å². The van der Waals surface area contributed by atoms with Crippen LogP contribution in [-0.4, -0.2) is 19.0 Å². The van der Waals surface area contributed by atoms with Crippen molar-refractivity contribution < 1.29 is 4.79 Å². The Balaban J connectivity index is 4.81. The maximum absolute atomic E-state index is 12.6. The molecule has 114 valence electrons. The third-order valence-electron chi connectivity index (χ3n) is 3.77. The summed E-state index contributed by atoms with van der Waals surface area (Å²) in [6.45, 7) is 16.4. The lowest BCUT2D eigenvalue weighted by atomic mass is 9.61. The summed E-state index contributed by atoms with van der Waals surface area (Å²) in [4.78, 5) is 15.2. The van der Waals surface area contributed by atoms with Crippen LogP contribution < -0.4 is 10.2 Å². The van der Waals surface area contributed by atoms with Gasteiger partial charge in [0.1, 0.15) is 0 Å². The van der Waals surface area contributed by atoms with Gasteiger partial charge in [-0.1, -0.05) is 48.5 Å². The van der Waals surface area contributed by atoms with Crippen molar-refractivity contribution in [3.63, 3.8) is 0 Å². The maximum Gasteiger partial charge on any atom is 0.226 e. The zero-order chi connectivity index (χ0) is 15.3. The molecule has 0 aromatic rings. The van der Waals surface area contributed by atoms with E-state index in [0.717, 1.165) is 12.8 Å². The molecule has 4 heteroatoms. The molecule has 19 heavy (non-hydrogen) atoms. The van der Waals surface area contributed by atoms with Crippen LogP contribution in [0.2, 0.25) is 0 Å². The van der Waals surface area contributed by atoms with Crippen LogP contribution in [0.1, 0.15) is 61.3 Å². The highest BCUT2D eigenvalue weighted by Gasteiger charge is 2.46. The fourth-order valence-electron chi connectivity index (χ4n) is 2.30. The molecular weight excluding hydrogens is 260 g/mol. The molecule has 0 heterocycles. The minimum absolute atomic E-state index is 0.0743. The van der Waals surface area contributed by atoms with Crippen LogP contribution in [0.5, 0.6) is 0 Å². The summed E-state index contributed by atoms with van der Waals surface area (Å²) < 4.78 is 0. The number of nitrogens with one attached hydrogen (secondary N) is 2. The first-order valence-electron chi connectivity index (χ1n) is 7.06. The molecule has 0 aromatic heterocycles. The summed E-state index contributed by atoms with van der Waals surface area (Å²) in [5.74, 6) is 0.143. The van der Waals surface area contributed by atoms with Crippen LogP contribution >= 0.6 is 11.8 Å². The number of carbonyl (C=O) groups excluding carboxylic acids is 1. The molecule has 1 unspecified atom stereocenters. The molecule has 0 saturated heterocycles. The largest absolute Gasteiger partial charge is 0.356 e. The van der Waals surface area contributed by atoms with E-state index in [-0.39, 0.29) is 22.2 Å². The fourth-order valence-corrected chi connectivity index (χ4v) is 2.43. The molecule has 0 fully saturated rings. The SMILES string of the molecule is CC(C)(C)CC(C)(C(=O)NCCCNCl)C(C)(C)C. The molecular formula is C15H31ClN2O. The lowest BCUT2D eigenvalue weighted by Crippen LogP contribution is -2.49. The van der Waals surface area contributed by atoms with Crippen molar-refractivity contribution in [3.8, 4) is 0 Å². The lowest BCUT2D eigenvalue weighted by molar-refractivity contribution is -0.138. The van der Waals surface area contributed by atoms with E-state index in [0.29, 0.717) is 13.1 Å². The second kappa shape index (κ2) is 6.94. The van der Waals surface area contributed by atoms with E-state index in [1.807, 2.05) is 0 Å². The molecule has 1 amide bonds. The maximum atomic E-state index is 12.6. The zero-order valence-electron chi connectivity index (χ0n) is 13.6. The summed E-state index contributed by atoms with van der Waals surface area (Å²) >= 11 is 5.40. The number of carbonyl (C=O) groups is 1. The van der Waals surface area contributed by atoms with Crippen molar-refractivity contribution >= 4 is 17.7 Å². The molecule has 0 aliphatic carbocycles. The van der Waals surface area contributed by atoms with Crippen LogP contribution in [-0.2, 0) is 4.79 Å².